The number of aromatic nitrogens is 1. The van der Waals surface area contributed by atoms with Crippen molar-refractivity contribution in [3.63, 3.8) is 0 Å². The quantitative estimate of drug-likeness (QED) is 0.575. The zero-order chi connectivity index (χ0) is 21.5. The van der Waals surface area contributed by atoms with Gasteiger partial charge in [0.15, 0.2) is 0 Å². The molecule has 31 heavy (non-hydrogen) atoms. The van der Waals surface area contributed by atoms with E-state index in [4.69, 9.17) is 4.74 Å². The van der Waals surface area contributed by atoms with Crippen LogP contribution in [0.5, 0.6) is 0 Å². The highest BCUT2D eigenvalue weighted by molar-refractivity contribution is 7.18. The summed E-state index contributed by atoms with van der Waals surface area (Å²) < 4.78 is 6.65. The lowest BCUT2D eigenvalue weighted by Crippen LogP contribution is -2.36. The van der Waals surface area contributed by atoms with Gasteiger partial charge in [0, 0.05) is 19.2 Å². The number of amides is 3. The Kier molecular flexibility index (Phi) is 5.03. The summed E-state index contributed by atoms with van der Waals surface area (Å²) in [4.78, 5) is 45.9. The van der Waals surface area contributed by atoms with E-state index in [9.17, 15) is 14.4 Å². The summed E-state index contributed by atoms with van der Waals surface area (Å²) in [6.45, 7) is 1.29. The third kappa shape index (κ3) is 3.62. The lowest BCUT2D eigenvalue weighted by Gasteiger charge is -2.18. The van der Waals surface area contributed by atoms with E-state index >= 15 is 0 Å². The molecule has 8 heteroatoms. The number of fused-ring (bicyclic) bond motifs is 2. The topological polar surface area (TPSA) is 79.8 Å². The molecular weight excluding hydrogens is 414 g/mol. The number of para-hydroxylation sites is 1. The molecule has 2 aliphatic rings. The van der Waals surface area contributed by atoms with E-state index in [0.717, 1.165) is 28.1 Å². The largest absolute Gasteiger partial charge is 0.376 e. The molecule has 0 N–H and O–H groups in total. The second kappa shape index (κ2) is 7.86. The predicted octanol–water partition coefficient (Wildman–Crippen LogP) is 3.34. The molecule has 0 saturated carbocycles. The van der Waals surface area contributed by atoms with Crippen LogP contribution in [-0.2, 0) is 11.3 Å². The van der Waals surface area contributed by atoms with Crippen LogP contribution < -0.4 is 0 Å². The molecule has 3 amide bonds. The molecule has 1 atom stereocenters. The Morgan fingerprint density at radius 1 is 1.19 bits per heavy atom. The van der Waals surface area contributed by atoms with Crippen LogP contribution in [0.2, 0.25) is 0 Å². The molecule has 0 aliphatic carbocycles. The number of hydrogen-bond acceptors (Lipinski definition) is 6. The zero-order valence-electron chi connectivity index (χ0n) is 17.0. The molecule has 2 aliphatic heterocycles. The summed E-state index contributed by atoms with van der Waals surface area (Å²) >= 11 is 1.55. The first-order valence-corrected chi connectivity index (χ1v) is 11.0. The first-order chi connectivity index (χ1) is 15.0. The Morgan fingerprint density at radius 2 is 2.00 bits per heavy atom. The monoisotopic (exact) mass is 435 g/mol. The van der Waals surface area contributed by atoms with Gasteiger partial charge in [-0.25, -0.2) is 4.98 Å². The maximum atomic E-state index is 13.0. The van der Waals surface area contributed by atoms with Gasteiger partial charge >= 0.3 is 0 Å². The summed E-state index contributed by atoms with van der Waals surface area (Å²) in [5.74, 6) is -0.906. The standard InChI is InChI=1S/C23H21N3O4S/c1-25(13-20-24-18-6-2-3-7-19(18)31-20)21(27)14-8-9-16-17(11-14)23(29)26(22(16)28)12-15-5-4-10-30-15/h2-3,6-9,11,15H,4-5,10,12-13H2,1H3. The molecular formula is C23H21N3O4S. The second-order valence-corrected chi connectivity index (χ2v) is 8.97. The maximum Gasteiger partial charge on any atom is 0.261 e. The molecule has 5 rings (SSSR count). The molecule has 158 valence electrons. The molecule has 2 aromatic carbocycles. The van der Waals surface area contributed by atoms with Gasteiger partial charge in [-0.15, -0.1) is 11.3 Å². The fraction of sp³-hybridized carbons (Fsp3) is 0.304. The number of hydrogen-bond donors (Lipinski definition) is 0. The van der Waals surface area contributed by atoms with Gasteiger partial charge in [0.2, 0.25) is 0 Å². The lowest BCUT2D eigenvalue weighted by atomic mass is 10.0. The summed E-state index contributed by atoms with van der Waals surface area (Å²) in [5.41, 5.74) is 1.91. The van der Waals surface area contributed by atoms with Crippen LogP contribution in [0.3, 0.4) is 0 Å². The van der Waals surface area contributed by atoms with Crippen molar-refractivity contribution in [1.29, 1.82) is 0 Å². The second-order valence-electron chi connectivity index (χ2n) is 7.85. The summed E-state index contributed by atoms with van der Waals surface area (Å²) in [7, 11) is 1.71. The summed E-state index contributed by atoms with van der Waals surface area (Å²) in [6, 6.07) is 12.6. The van der Waals surface area contributed by atoms with Crippen molar-refractivity contribution in [2.24, 2.45) is 0 Å². The Labute approximate surface area is 183 Å². The third-order valence-electron chi connectivity index (χ3n) is 5.69. The fourth-order valence-corrected chi connectivity index (χ4v) is 5.09. The van der Waals surface area contributed by atoms with Crippen molar-refractivity contribution in [2.75, 3.05) is 20.2 Å². The van der Waals surface area contributed by atoms with Gasteiger partial charge in [-0.05, 0) is 43.2 Å². The number of imide groups is 1. The predicted molar refractivity (Wildman–Crippen MR) is 116 cm³/mol. The van der Waals surface area contributed by atoms with Gasteiger partial charge in [-0.1, -0.05) is 12.1 Å². The van der Waals surface area contributed by atoms with Gasteiger partial charge in [0.05, 0.1) is 40.5 Å². The van der Waals surface area contributed by atoms with Crippen LogP contribution in [0.1, 0.15) is 48.9 Å². The van der Waals surface area contributed by atoms with E-state index in [1.54, 1.807) is 35.4 Å². The van der Waals surface area contributed by atoms with Crippen molar-refractivity contribution in [3.8, 4) is 0 Å². The van der Waals surface area contributed by atoms with E-state index in [1.165, 1.54) is 11.0 Å². The molecule has 1 aromatic heterocycles. The number of thiazole rings is 1. The smallest absolute Gasteiger partial charge is 0.261 e. The average molecular weight is 436 g/mol. The van der Waals surface area contributed by atoms with Gasteiger partial charge in [0.1, 0.15) is 5.01 Å². The highest BCUT2D eigenvalue weighted by Crippen LogP contribution is 2.27. The normalized spacial score (nSPS) is 18.1. The number of carbonyl (C=O) groups excluding carboxylic acids is 3. The SMILES string of the molecule is CN(Cc1nc2ccccc2s1)C(=O)c1ccc2c(c1)C(=O)N(CC1CCCO1)C2=O. The van der Waals surface area contributed by atoms with Gasteiger partial charge < -0.3 is 9.64 Å². The number of ether oxygens (including phenoxy) is 1. The zero-order valence-corrected chi connectivity index (χ0v) is 17.9. The first kappa shape index (κ1) is 19.8. The van der Waals surface area contributed by atoms with E-state index < -0.39 is 0 Å². The van der Waals surface area contributed by atoms with Gasteiger partial charge in [-0.3, -0.25) is 19.3 Å². The van der Waals surface area contributed by atoms with Crippen molar-refractivity contribution in [1.82, 2.24) is 14.8 Å². The van der Waals surface area contributed by atoms with E-state index in [1.807, 2.05) is 24.3 Å². The molecule has 0 bridgehead atoms. The Balaban J connectivity index is 1.33. The third-order valence-corrected chi connectivity index (χ3v) is 6.71. The van der Waals surface area contributed by atoms with Crippen LogP contribution in [0, 0.1) is 0 Å². The minimum atomic E-state index is -0.362. The number of rotatable bonds is 5. The van der Waals surface area contributed by atoms with Gasteiger partial charge in [-0.2, -0.15) is 0 Å². The number of nitrogens with zero attached hydrogens (tertiary/aromatic N) is 3. The Bertz CT molecular complexity index is 1170. The Morgan fingerprint density at radius 3 is 2.77 bits per heavy atom. The van der Waals surface area contributed by atoms with Crippen LogP contribution in [0.4, 0.5) is 0 Å². The van der Waals surface area contributed by atoms with Crippen molar-refractivity contribution in [3.05, 3.63) is 64.2 Å². The number of carbonyl (C=O) groups is 3. The van der Waals surface area contributed by atoms with Crippen LogP contribution in [0.15, 0.2) is 42.5 Å². The van der Waals surface area contributed by atoms with Crippen molar-refractivity contribution < 1.29 is 19.1 Å². The maximum absolute atomic E-state index is 13.0. The van der Waals surface area contributed by atoms with Crippen molar-refractivity contribution >= 4 is 39.3 Å². The van der Waals surface area contributed by atoms with E-state index in [2.05, 4.69) is 4.98 Å². The average Bonchev–Trinajstić information content (AvgIpc) is 3.49. The van der Waals surface area contributed by atoms with E-state index in [-0.39, 0.29) is 35.9 Å². The highest BCUT2D eigenvalue weighted by Gasteiger charge is 2.38. The van der Waals surface area contributed by atoms with E-state index in [0.29, 0.717) is 24.3 Å². The lowest BCUT2D eigenvalue weighted by molar-refractivity contribution is 0.0475. The van der Waals surface area contributed by atoms with Crippen LogP contribution in [0.25, 0.3) is 10.2 Å². The minimum absolute atomic E-state index is 0.108. The molecule has 1 saturated heterocycles. The van der Waals surface area contributed by atoms with Gasteiger partial charge in [0.25, 0.3) is 17.7 Å². The van der Waals surface area contributed by atoms with Crippen LogP contribution >= 0.6 is 11.3 Å². The summed E-state index contributed by atoms with van der Waals surface area (Å²) in [5, 5.41) is 0.840. The molecule has 0 radical (unpaired) electrons. The number of benzene rings is 2. The fourth-order valence-electron chi connectivity index (χ4n) is 4.06. The Hall–Kier alpha value is -3.10. The first-order valence-electron chi connectivity index (χ1n) is 10.2. The highest BCUT2D eigenvalue weighted by atomic mass is 32.1. The molecule has 3 aromatic rings. The summed E-state index contributed by atoms with van der Waals surface area (Å²) in [6.07, 6.45) is 1.67. The van der Waals surface area contributed by atoms with Crippen LogP contribution in [-0.4, -0.2) is 58.8 Å². The molecule has 3 heterocycles. The van der Waals surface area contributed by atoms with Crippen molar-refractivity contribution in [2.45, 2.75) is 25.5 Å². The molecule has 0 spiro atoms. The molecule has 1 unspecified atom stereocenters. The molecule has 1 fully saturated rings. The minimum Gasteiger partial charge on any atom is -0.376 e. The molecule has 7 nitrogen and oxygen atoms in total.